The standard InChI is InChI=1S/C14H18N4O3/c15-8-12-1-2-13(21-12)10-18-14(19)7-11(9-16-18)17-3-5-20-6-4-17/h1-2,7,9H,3-6,8,10,15H2. The zero-order chi connectivity index (χ0) is 14.7. The molecule has 2 N–H and O–H groups in total. The fourth-order valence-electron chi connectivity index (χ4n) is 2.30. The van der Waals surface area contributed by atoms with Crippen molar-refractivity contribution in [3.63, 3.8) is 0 Å². The van der Waals surface area contributed by atoms with Crippen molar-refractivity contribution in [2.75, 3.05) is 31.2 Å². The predicted molar refractivity (Wildman–Crippen MR) is 77.2 cm³/mol. The molecule has 3 rings (SSSR count). The zero-order valence-electron chi connectivity index (χ0n) is 11.7. The van der Waals surface area contributed by atoms with E-state index in [1.165, 1.54) is 4.68 Å². The van der Waals surface area contributed by atoms with E-state index in [4.69, 9.17) is 14.9 Å². The quantitative estimate of drug-likeness (QED) is 0.864. The molecule has 0 aromatic carbocycles. The average molecular weight is 290 g/mol. The first kappa shape index (κ1) is 13.8. The molecule has 21 heavy (non-hydrogen) atoms. The van der Waals surface area contributed by atoms with Crippen LogP contribution in [0.25, 0.3) is 0 Å². The lowest BCUT2D eigenvalue weighted by atomic mass is 10.3. The normalized spacial score (nSPS) is 15.4. The maximum absolute atomic E-state index is 12.1. The monoisotopic (exact) mass is 290 g/mol. The van der Waals surface area contributed by atoms with Gasteiger partial charge in [-0.3, -0.25) is 4.79 Å². The van der Waals surface area contributed by atoms with E-state index in [0.29, 0.717) is 37.8 Å². The summed E-state index contributed by atoms with van der Waals surface area (Å²) in [6, 6.07) is 5.22. The highest BCUT2D eigenvalue weighted by atomic mass is 16.5. The third-order valence-electron chi connectivity index (χ3n) is 3.46. The molecule has 0 aliphatic carbocycles. The van der Waals surface area contributed by atoms with Crippen molar-refractivity contribution in [1.29, 1.82) is 0 Å². The Morgan fingerprint density at radius 3 is 2.67 bits per heavy atom. The highest BCUT2D eigenvalue weighted by molar-refractivity contribution is 5.43. The lowest BCUT2D eigenvalue weighted by Gasteiger charge is -2.28. The molecule has 1 saturated heterocycles. The van der Waals surface area contributed by atoms with Crippen LogP contribution in [0.2, 0.25) is 0 Å². The minimum atomic E-state index is -0.148. The fraction of sp³-hybridized carbons (Fsp3) is 0.429. The van der Waals surface area contributed by atoms with Crippen LogP contribution in [0.4, 0.5) is 5.69 Å². The topological polar surface area (TPSA) is 86.5 Å². The molecule has 1 aliphatic heterocycles. The lowest BCUT2D eigenvalue weighted by molar-refractivity contribution is 0.122. The molecule has 0 atom stereocenters. The number of furan rings is 1. The van der Waals surface area contributed by atoms with Gasteiger partial charge in [0.25, 0.3) is 5.56 Å². The van der Waals surface area contributed by atoms with E-state index in [-0.39, 0.29) is 5.56 Å². The van der Waals surface area contributed by atoms with E-state index < -0.39 is 0 Å². The second-order valence-electron chi connectivity index (χ2n) is 4.88. The van der Waals surface area contributed by atoms with Crippen LogP contribution >= 0.6 is 0 Å². The summed E-state index contributed by atoms with van der Waals surface area (Å²) in [5.41, 5.74) is 6.18. The van der Waals surface area contributed by atoms with Crippen molar-refractivity contribution < 1.29 is 9.15 Å². The number of nitrogens with two attached hydrogens (primary N) is 1. The first-order valence-electron chi connectivity index (χ1n) is 6.94. The van der Waals surface area contributed by atoms with Gasteiger partial charge in [-0.15, -0.1) is 0 Å². The molecule has 0 spiro atoms. The Labute approximate surface area is 121 Å². The minimum absolute atomic E-state index is 0.148. The van der Waals surface area contributed by atoms with Crippen molar-refractivity contribution in [3.8, 4) is 0 Å². The van der Waals surface area contributed by atoms with Gasteiger partial charge in [0, 0.05) is 19.2 Å². The van der Waals surface area contributed by atoms with Crippen molar-refractivity contribution >= 4 is 5.69 Å². The maximum Gasteiger partial charge on any atom is 0.269 e. The summed E-state index contributed by atoms with van der Waals surface area (Å²) in [6.45, 7) is 3.57. The first-order valence-corrected chi connectivity index (χ1v) is 6.94. The minimum Gasteiger partial charge on any atom is -0.463 e. The average Bonchev–Trinajstić information content (AvgIpc) is 2.98. The van der Waals surface area contributed by atoms with Gasteiger partial charge in [0.1, 0.15) is 18.1 Å². The van der Waals surface area contributed by atoms with Gasteiger partial charge in [-0.05, 0) is 12.1 Å². The van der Waals surface area contributed by atoms with Gasteiger partial charge in [-0.25, -0.2) is 4.68 Å². The molecule has 7 nitrogen and oxygen atoms in total. The summed E-state index contributed by atoms with van der Waals surface area (Å²) in [6.07, 6.45) is 1.71. The molecule has 1 aliphatic rings. The third kappa shape index (κ3) is 3.14. The van der Waals surface area contributed by atoms with Crippen LogP contribution in [-0.2, 0) is 17.8 Å². The molecule has 2 aromatic heterocycles. The van der Waals surface area contributed by atoms with E-state index in [2.05, 4.69) is 10.00 Å². The molecule has 0 bridgehead atoms. The van der Waals surface area contributed by atoms with Crippen LogP contribution in [0, 0.1) is 0 Å². The summed E-state index contributed by atoms with van der Waals surface area (Å²) >= 11 is 0. The molecule has 0 amide bonds. The van der Waals surface area contributed by atoms with Crippen molar-refractivity contribution in [2.45, 2.75) is 13.1 Å². The van der Waals surface area contributed by atoms with Crippen LogP contribution in [0.5, 0.6) is 0 Å². The number of morpholine rings is 1. The van der Waals surface area contributed by atoms with E-state index in [0.717, 1.165) is 18.8 Å². The summed E-state index contributed by atoms with van der Waals surface area (Å²) in [5, 5.41) is 4.21. The van der Waals surface area contributed by atoms with Gasteiger partial charge in [-0.2, -0.15) is 5.10 Å². The van der Waals surface area contributed by atoms with Gasteiger partial charge in [0.05, 0.1) is 31.6 Å². The number of nitrogens with zero attached hydrogens (tertiary/aromatic N) is 3. The number of hydrogen-bond acceptors (Lipinski definition) is 6. The predicted octanol–water partition coefficient (Wildman–Crippen LogP) is 0.180. The highest BCUT2D eigenvalue weighted by Crippen LogP contribution is 2.12. The Balaban J connectivity index is 1.76. The number of hydrogen-bond donors (Lipinski definition) is 1. The van der Waals surface area contributed by atoms with Gasteiger partial charge >= 0.3 is 0 Å². The molecule has 0 radical (unpaired) electrons. The summed E-state index contributed by atoms with van der Waals surface area (Å²) in [7, 11) is 0. The second kappa shape index (κ2) is 6.11. The summed E-state index contributed by atoms with van der Waals surface area (Å²) in [4.78, 5) is 14.2. The molecule has 3 heterocycles. The maximum atomic E-state index is 12.1. The smallest absolute Gasteiger partial charge is 0.269 e. The van der Waals surface area contributed by atoms with E-state index in [1.54, 1.807) is 12.3 Å². The summed E-state index contributed by atoms with van der Waals surface area (Å²) < 4.78 is 12.2. The van der Waals surface area contributed by atoms with Crippen molar-refractivity contribution in [3.05, 3.63) is 46.3 Å². The van der Waals surface area contributed by atoms with Crippen molar-refractivity contribution in [2.24, 2.45) is 5.73 Å². The van der Waals surface area contributed by atoms with Gasteiger partial charge < -0.3 is 19.8 Å². The van der Waals surface area contributed by atoms with Crippen LogP contribution in [0.15, 0.2) is 33.6 Å². The molecular formula is C14H18N4O3. The molecule has 1 fully saturated rings. The zero-order valence-corrected chi connectivity index (χ0v) is 11.7. The Morgan fingerprint density at radius 1 is 1.24 bits per heavy atom. The highest BCUT2D eigenvalue weighted by Gasteiger charge is 2.13. The second-order valence-corrected chi connectivity index (χ2v) is 4.88. The number of rotatable bonds is 4. The third-order valence-corrected chi connectivity index (χ3v) is 3.46. The molecule has 2 aromatic rings. The van der Waals surface area contributed by atoms with E-state index in [1.807, 2.05) is 12.1 Å². The van der Waals surface area contributed by atoms with E-state index >= 15 is 0 Å². The van der Waals surface area contributed by atoms with Gasteiger partial charge in [0.2, 0.25) is 0 Å². The molecule has 0 unspecified atom stereocenters. The fourth-order valence-corrected chi connectivity index (χ4v) is 2.30. The Bertz CT molecular complexity index is 658. The Hall–Kier alpha value is -2.12. The van der Waals surface area contributed by atoms with Gasteiger partial charge in [0.15, 0.2) is 0 Å². The molecular weight excluding hydrogens is 272 g/mol. The Kier molecular flexibility index (Phi) is 4.03. The van der Waals surface area contributed by atoms with Crippen molar-refractivity contribution in [1.82, 2.24) is 9.78 Å². The first-order chi connectivity index (χ1) is 10.3. The van der Waals surface area contributed by atoms with Gasteiger partial charge in [-0.1, -0.05) is 0 Å². The lowest BCUT2D eigenvalue weighted by Crippen LogP contribution is -2.37. The Morgan fingerprint density at radius 2 is 2.00 bits per heavy atom. The SMILES string of the molecule is NCc1ccc(Cn2ncc(N3CCOCC3)cc2=O)o1. The van der Waals surface area contributed by atoms with Crippen LogP contribution in [-0.4, -0.2) is 36.1 Å². The molecule has 0 saturated carbocycles. The van der Waals surface area contributed by atoms with E-state index in [9.17, 15) is 4.79 Å². The van der Waals surface area contributed by atoms with Crippen LogP contribution in [0.1, 0.15) is 11.5 Å². The van der Waals surface area contributed by atoms with Crippen LogP contribution in [0.3, 0.4) is 0 Å². The summed E-state index contributed by atoms with van der Waals surface area (Å²) in [5.74, 6) is 1.37. The largest absolute Gasteiger partial charge is 0.463 e. The molecule has 112 valence electrons. The van der Waals surface area contributed by atoms with Crippen LogP contribution < -0.4 is 16.2 Å². The number of ether oxygens (including phenoxy) is 1. The number of anilines is 1. The number of aromatic nitrogens is 2. The molecule has 7 heteroatoms.